The maximum absolute atomic E-state index is 12.2. The lowest BCUT2D eigenvalue weighted by atomic mass is 10.0. The molecule has 0 aliphatic carbocycles. The van der Waals surface area contributed by atoms with Gasteiger partial charge in [-0.05, 0) is 37.8 Å². The summed E-state index contributed by atoms with van der Waals surface area (Å²) in [6.07, 6.45) is 6.35. The highest BCUT2D eigenvalue weighted by Crippen LogP contribution is 2.21. The van der Waals surface area contributed by atoms with E-state index < -0.39 is 0 Å². The third-order valence-electron chi connectivity index (χ3n) is 3.47. The Kier molecular flexibility index (Phi) is 5.17. The average Bonchev–Trinajstić information content (AvgIpc) is 2.91. The molecule has 18 heavy (non-hydrogen) atoms. The second-order valence-electron chi connectivity index (χ2n) is 4.72. The first-order valence-corrected chi connectivity index (χ1v) is 7.86. The summed E-state index contributed by atoms with van der Waals surface area (Å²) >= 11 is 1.64. The molecule has 0 radical (unpaired) electrons. The van der Waals surface area contributed by atoms with Crippen molar-refractivity contribution in [3.05, 3.63) is 24.2 Å². The maximum Gasteiger partial charge on any atom is 0.232 e. The van der Waals surface area contributed by atoms with E-state index in [9.17, 15) is 4.79 Å². The van der Waals surface area contributed by atoms with Gasteiger partial charge in [-0.25, -0.2) is 0 Å². The van der Waals surface area contributed by atoms with E-state index in [1.807, 2.05) is 12.1 Å². The van der Waals surface area contributed by atoms with Crippen molar-refractivity contribution in [2.24, 2.45) is 0 Å². The van der Waals surface area contributed by atoms with Gasteiger partial charge >= 0.3 is 0 Å². The van der Waals surface area contributed by atoms with Crippen molar-refractivity contribution in [1.29, 1.82) is 0 Å². The number of nitrogens with zero attached hydrogens (tertiary/aromatic N) is 1. The zero-order valence-electron chi connectivity index (χ0n) is 10.9. The molecule has 1 atom stereocenters. The van der Waals surface area contributed by atoms with Crippen LogP contribution in [0.2, 0.25) is 0 Å². The van der Waals surface area contributed by atoms with E-state index in [0.29, 0.717) is 11.8 Å². The summed E-state index contributed by atoms with van der Waals surface area (Å²) in [6, 6.07) is 4.30. The molecule has 3 nitrogen and oxygen atoms in total. The molecule has 100 valence electrons. The summed E-state index contributed by atoms with van der Waals surface area (Å²) in [5.74, 6) is 2.58. The summed E-state index contributed by atoms with van der Waals surface area (Å²) in [7, 11) is 0. The average molecular weight is 267 g/mol. The van der Waals surface area contributed by atoms with Crippen LogP contribution >= 0.6 is 11.8 Å². The Morgan fingerprint density at radius 2 is 2.44 bits per heavy atom. The number of piperidine rings is 1. The van der Waals surface area contributed by atoms with Crippen LogP contribution in [-0.4, -0.2) is 29.1 Å². The lowest BCUT2D eigenvalue weighted by molar-refractivity contribution is -0.132. The van der Waals surface area contributed by atoms with Gasteiger partial charge in [-0.1, -0.05) is 6.92 Å². The quantitative estimate of drug-likeness (QED) is 0.820. The van der Waals surface area contributed by atoms with Gasteiger partial charge in [-0.15, -0.1) is 11.8 Å². The molecule has 4 heteroatoms. The van der Waals surface area contributed by atoms with E-state index in [1.54, 1.807) is 18.0 Å². The van der Waals surface area contributed by atoms with E-state index in [1.165, 1.54) is 12.8 Å². The van der Waals surface area contributed by atoms with Crippen molar-refractivity contribution < 1.29 is 9.21 Å². The minimum absolute atomic E-state index is 0.290. The van der Waals surface area contributed by atoms with Gasteiger partial charge in [0.1, 0.15) is 5.76 Å². The summed E-state index contributed by atoms with van der Waals surface area (Å²) in [5, 5.41) is 0. The van der Waals surface area contributed by atoms with Crippen LogP contribution in [-0.2, 0) is 10.5 Å². The standard InChI is InChI=1S/C14H21NO2S/c1-2-12-6-3-4-8-15(12)14(16)11-18-10-13-7-5-9-17-13/h5,7,9,12H,2-4,6,8,10-11H2,1H3/t12-/m0/s1. The van der Waals surface area contributed by atoms with Crippen molar-refractivity contribution in [1.82, 2.24) is 4.90 Å². The van der Waals surface area contributed by atoms with Gasteiger partial charge in [0.2, 0.25) is 5.91 Å². The smallest absolute Gasteiger partial charge is 0.232 e. The van der Waals surface area contributed by atoms with Gasteiger partial charge in [0.15, 0.2) is 0 Å². The summed E-state index contributed by atoms with van der Waals surface area (Å²) < 4.78 is 5.26. The number of carbonyl (C=O) groups excluding carboxylic acids is 1. The molecule has 1 aromatic heterocycles. The van der Waals surface area contributed by atoms with E-state index >= 15 is 0 Å². The first-order valence-electron chi connectivity index (χ1n) is 6.71. The highest BCUT2D eigenvalue weighted by atomic mass is 32.2. The fourth-order valence-electron chi connectivity index (χ4n) is 2.47. The van der Waals surface area contributed by atoms with Crippen LogP contribution in [0.4, 0.5) is 0 Å². The van der Waals surface area contributed by atoms with Crippen LogP contribution < -0.4 is 0 Å². The highest BCUT2D eigenvalue weighted by molar-refractivity contribution is 7.99. The van der Waals surface area contributed by atoms with Crippen LogP contribution in [0.3, 0.4) is 0 Å². The normalized spacial score (nSPS) is 20.1. The van der Waals surface area contributed by atoms with Gasteiger partial charge in [-0.3, -0.25) is 4.79 Å². The first-order chi connectivity index (χ1) is 8.81. The van der Waals surface area contributed by atoms with E-state index in [4.69, 9.17) is 4.42 Å². The third-order valence-corrected chi connectivity index (χ3v) is 4.41. The largest absolute Gasteiger partial charge is 0.468 e. The number of carbonyl (C=O) groups is 1. The molecular weight excluding hydrogens is 246 g/mol. The molecule has 1 aliphatic heterocycles. The van der Waals surface area contributed by atoms with E-state index in [-0.39, 0.29) is 5.91 Å². The van der Waals surface area contributed by atoms with Gasteiger partial charge in [-0.2, -0.15) is 0 Å². The number of hydrogen-bond acceptors (Lipinski definition) is 3. The summed E-state index contributed by atoms with van der Waals surface area (Å²) in [5.41, 5.74) is 0. The number of rotatable bonds is 5. The number of hydrogen-bond donors (Lipinski definition) is 0. The number of likely N-dealkylation sites (tertiary alicyclic amines) is 1. The molecule has 0 unspecified atom stereocenters. The molecule has 0 spiro atoms. The Bertz CT molecular complexity index is 364. The second kappa shape index (κ2) is 6.88. The Morgan fingerprint density at radius 3 is 3.17 bits per heavy atom. The molecule has 0 saturated carbocycles. The third kappa shape index (κ3) is 3.55. The van der Waals surface area contributed by atoms with Crippen LogP contribution in [0.25, 0.3) is 0 Å². The van der Waals surface area contributed by atoms with Crippen molar-refractivity contribution in [3.63, 3.8) is 0 Å². The van der Waals surface area contributed by atoms with Crippen LogP contribution in [0.5, 0.6) is 0 Å². The lowest BCUT2D eigenvalue weighted by Gasteiger charge is -2.35. The van der Waals surface area contributed by atoms with Crippen LogP contribution in [0, 0.1) is 0 Å². The molecular formula is C14H21NO2S. The van der Waals surface area contributed by atoms with E-state index in [0.717, 1.165) is 30.9 Å². The van der Waals surface area contributed by atoms with E-state index in [2.05, 4.69) is 11.8 Å². The van der Waals surface area contributed by atoms with Crippen molar-refractivity contribution in [2.45, 2.75) is 44.4 Å². The minimum atomic E-state index is 0.290. The zero-order valence-corrected chi connectivity index (χ0v) is 11.7. The summed E-state index contributed by atoms with van der Waals surface area (Å²) in [4.78, 5) is 14.3. The SMILES string of the molecule is CC[C@H]1CCCCN1C(=O)CSCc1ccco1. The minimum Gasteiger partial charge on any atom is -0.468 e. The molecule has 1 aliphatic rings. The first kappa shape index (κ1) is 13.5. The Hall–Kier alpha value is -0.900. The van der Waals surface area contributed by atoms with Gasteiger partial charge in [0.05, 0.1) is 17.8 Å². The topological polar surface area (TPSA) is 33.5 Å². The lowest BCUT2D eigenvalue weighted by Crippen LogP contribution is -2.44. The van der Waals surface area contributed by atoms with Crippen molar-refractivity contribution >= 4 is 17.7 Å². The van der Waals surface area contributed by atoms with Gasteiger partial charge in [0, 0.05) is 12.6 Å². The predicted molar refractivity (Wildman–Crippen MR) is 74.5 cm³/mol. The molecule has 2 heterocycles. The second-order valence-corrected chi connectivity index (χ2v) is 5.70. The summed E-state index contributed by atoms with van der Waals surface area (Å²) in [6.45, 7) is 3.12. The molecule has 0 bridgehead atoms. The molecule has 1 aromatic rings. The zero-order chi connectivity index (χ0) is 12.8. The Morgan fingerprint density at radius 1 is 1.56 bits per heavy atom. The van der Waals surface area contributed by atoms with Gasteiger partial charge in [0.25, 0.3) is 0 Å². The van der Waals surface area contributed by atoms with Crippen LogP contribution in [0.15, 0.2) is 22.8 Å². The number of thioether (sulfide) groups is 1. The number of amides is 1. The predicted octanol–water partition coefficient (Wildman–Crippen LogP) is 3.30. The highest BCUT2D eigenvalue weighted by Gasteiger charge is 2.24. The monoisotopic (exact) mass is 267 g/mol. The fourth-order valence-corrected chi connectivity index (χ4v) is 3.28. The van der Waals surface area contributed by atoms with Crippen LogP contribution in [0.1, 0.15) is 38.4 Å². The van der Waals surface area contributed by atoms with Crippen molar-refractivity contribution in [2.75, 3.05) is 12.3 Å². The Balaban J connectivity index is 1.76. The van der Waals surface area contributed by atoms with Gasteiger partial charge < -0.3 is 9.32 Å². The molecule has 0 N–H and O–H groups in total. The number of furan rings is 1. The maximum atomic E-state index is 12.2. The fraction of sp³-hybridized carbons (Fsp3) is 0.643. The molecule has 1 amide bonds. The molecule has 1 fully saturated rings. The van der Waals surface area contributed by atoms with Crippen molar-refractivity contribution in [3.8, 4) is 0 Å². The molecule has 1 saturated heterocycles. The molecule has 2 rings (SSSR count). The molecule has 0 aromatic carbocycles. The Labute approximate surface area is 113 Å².